The maximum absolute atomic E-state index is 13.4. The Morgan fingerprint density at radius 2 is 1.82 bits per heavy atom. The maximum Gasteiger partial charge on any atom is 0.191 e. The van der Waals surface area contributed by atoms with E-state index in [9.17, 15) is 4.39 Å². The van der Waals surface area contributed by atoms with E-state index in [4.69, 9.17) is 9.73 Å². The van der Waals surface area contributed by atoms with Crippen LogP contribution in [0, 0.1) is 5.82 Å². The van der Waals surface area contributed by atoms with Gasteiger partial charge in [-0.05, 0) is 63.4 Å². The van der Waals surface area contributed by atoms with E-state index < -0.39 is 0 Å². The van der Waals surface area contributed by atoms with Crippen LogP contribution in [0.4, 0.5) is 4.39 Å². The molecule has 0 aliphatic carbocycles. The number of hydrogen-bond acceptors (Lipinski definition) is 3. The molecule has 2 aliphatic heterocycles. The molecule has 0 saturated carbocycles. The van der Waals surface area contributed by atoms with Crippen LogP contribution in [-0.2, 0) is 10.2 Å². The molecule has 5 nitrogen and oxygen atoms in total. The van der Waals surface area contributed by atoms with Crippen molar-refractivity contribution in [3.8, 4) is 0 Å². The number of rotatable bonds is 7. The number of nitrogens with zero attached hydrogens (tertiary/aromatic N) is 2. The van der Waals surface area contributed by atoms with Crippen LogP contribution in [0.1, 0.15) is 44.6 Å². The lowest BCUT2D eigenvalue weighted by Crippen LogP contribution is -2.44. The number of piperidine rings is 1. The molecule has 28 heavy (non-hydrogen) atoms. The van der Waals surface area contributed by atoms with Gasteiger partial charge in [0, 0.05) is 38.3 Å². The number of hydrogen-bond donors (Lipinski definition) is 2. The second-order valence-corrected chi connectivity index (χ2v) is 7.92. The van der Waals surface area contributed by atoms with Gasteiger partial charge in [-0.15, -0.1) is 0 Å². The molecule has 2 heterocycles. The van der Waals surface area contributed by atoms with Gasteiger partial charge in [-0.3, -0.25) is 4.99 Å². The Labute approximate surface area is 168 Å². The third kappa shape index (κ3) is 5.92. The van der Waals surface area contributed by atoms with Gasteiger partial charge in [-0.2, -0.15) is 0 Å². The average Bonchev–Trinajstić information content (AvgIpc) is 2.74. The van der Waals surface area contributed by atoms with Crippen LogP contribution >= 0.6 is 0 Å². The molecule has 0 amide bonds. The van der Waals surface area contributed by atoms with Gasteiger partial charge in [0.15, 0.2) is 5.96 Å². The van der Waals surface area contributed by atoms with Crippen molar-refractivity contribution in [2.45, 2.75) is 44.4 Å². The second kappa shape index (κ2) is 10.8. The molecule has 0 unspecified atom stereocenters. The molecule has 2 fully saturated rings. The summed E-state index contributed by atoms with van der Waals surface area (Å²) in [5, 5.41) is 6.86. The van der Waals surface area contributed by atoms with Crippen molar-refractivity contribution in [1.82, 2.24) is 15.5 Å². The van der Waals surface area contributed by atoms with Crippen molar-refractivity contribution in [2.24, 2.45) is 4.99 Å². The van der Waals surface area contributed by atoms with Crippen LogP contribution in [0.5, 0.6) is 0 Å². The molecule has 1 aromatic carbocycles. The van der Waals surface area contributed by atoms with E-state index in [0.717, 1.165) is 57.2 Å². The Balaban J connectivity index is 1.63. The number of nitrogens with one attached hydrogen (secondary N) is 2. The Hall–Kier alpha value is -1.66. The summed E-state index contributed by atoms with van der Waals surface area (Å²) in [5.41, 5.74) is 1.08. The molecular weight excluding hydrogens is 355 g/mol. The zero-order chi connectivity index (χ0) is 19.7. The normalized spacial score (nSPS) is 20.7. The van der Waals surface area contributed by atoms with Crippen LogP contribution in [0.2, 0.25) is 0 Å². The number of ether oxygens (including phenoxy) is 1. The first kappa shape index (κ1) is 21.1. The first-order valence-electron chi connectivity index (χ1n) is 10.8. The van der Waals surface area contributed by atoms with E-state index in [1.807, 2.05) is 12.1 Å². The minimum atomic E-state index is -0.192. The minimum Gasteiger partial charge on any atom is -0.381 e. The molecule has 3 rings (SSSR count). The molecule has 2 aliphatic rings. The standard InChI is InChI=1S/C22H35FN4O/c1-2-24-21(25-12-15-27-13-4-3-5-14-27)26-18-22(10-16-28-17-11-22)19-6-8-20(23)9-7-19/h6-9H,2-5,10-18H2,1H3,(H2,24,25,26). The Kier molecular flexibility index (Phi) is 8.10. The van der Waals surface area contributed by atoms with Crippen molar-refractivity contribution >= 4 is 5.96 Å². The summed E-state index contributed by atoms with van der Waals surface area (Å²) in [4.78, 5) is 7.44. The lowest BCUT2D eigenvalue weighted by molar-refractivity contribution is 0.0531. The highest BCUT2D eigenvalue weighted by atomic mass is 19.1. The highest BCUT2D eigenvalue weighted by Gasteiger charge is 2.34. The molecule has 0 radical (unpaired) electrons. The summed E-state index contributed by atoms with van der Waals surface area (Å²) in [7, 11) is 0. The summed E-state index contributed by atoms with van der Waals surface area (Å²) in [6.45, 7) is 9.44. The fourth-order valence-corrected chi connectivity index (χ4v) is 4.19. The van der Waals surface area contributed by atoms with Crippen LogP contribution in [0.25, 0.3) is 0 Å². The van der Waals surface area contributed by atoms with Gasteiger partial charge in [0.2, 0.25) is 0 Å². The zero-order valence-corrected chi connectivity index (χ0v) is 17.2. The number of guanidine groups is 1. The van der Waals surface area contributed by atoms with Crippen molar-refractivity contribution in [3.05, 3.63) is 35.6 Å². The lowest BCUT2D eigenvalue weighted by Gasteiger charge is -2.36. The van der Waals surface area contributed by atoms with Crippen LogP contribution < -0.4 is 10.6 Å². The van der Waals surface area contributed by atoms with E-state index >= 15 is 0 Å². The molecule has 0 bridgehead atoms. The van der Waals surface area contributed by atoms with E-state index in [1.165, 1.54) is 32.4 Å². The van der Waals surface area contributed by atoms with Gasteiger partial charge in [0.05, 0.1) is 6.54 Å². The summed E-state index contributed by atoms with van der Waals surface area (Å²) in [6.07, 6.45) is 5.82. The quantitative estimate of drug-likeness (QED) is 0.555. The summed E-state index contributed by atoms with van der Waals surface area (Å²) in [6, 6.07) is 6.93. The van der Waals surface area contributed by atoms with E-state index in [0.29, 0.717) is 6.54 Å². The second-order valence-electron chi connectivity index (χ2n) is 7.92. The van der Waals surface area contributed by atoms with Gasteiger partial charge in [0.1, 0.15) is 5.82 Å². The monoisotopic (exact) mass is 390 g/mol. The zero-order valence-electron chi connectivity index (χ0n) is 17.2. The molecular formula is C22H35FN4O. The molecule has 2 N–H and O–H groups in total. The van der Waals surface area contributed by atoms with Crippen molar-refractivity contribution in [3.63, 3.8) is 0 Å². The third-order valence-corrected chi connectivity index (χ3v) is 5.96. The summed E-state index contributed by atoms with van der Waals surface area (Å²) in [5.74, 6) is 0.676. The predicted octanol–water partition coefficient (Wildman–Crippen LogP) is 2.91. The number of benzene rings is 1. The molecule has 1 aromatic rings. The highest BCUT2D eigenvalue weighted by Crippen LogP contribution is 2.35. The molecule has 2 saturated heterocycles. The predicted molar refractivity (Wildman–Crippen MR) is 112 cm³/mol. The molecule has 0 spiro atoms. The maximum atomic E-state index is 13.4. The largest absolute Gasteiger partial charge is 0.381 e. The first-order valence-corrected chi connectivity index (χ1v) is 10.8. The summed E-state index contributed by atoms with van der Waals surface area (Å²) < 4.78 is 19.0. The Morgan fingerprint density at radius 3 is 2.50 bits per heavy atom. The van der Waals surface area contributed by atoms with Gasteiger partial charge >= 0.3 is 0 Å². The fourth-order valence-electron chi connectivity index (χ4n) is 4.19. The van der Waals surface area contributed by atoms with Crippen molar-refractivity contribution in [2.75, 3.05) is 52.5 Å². The number of likely N-dealkylation sites (tertiary alicyclic amines) is 1. The van der Waals surface area contributed by atoms with Crippen molar-refractivity contribution in [1.29, 1.82) is 0 Å². The highest BCUT2D eigenvalue weighted by molar-refractivity contribution is 5.79. The molecule has 156 valence electrons. The molecule has 0 aromatic heterocycles. The van der Waals surface area contributed by atoms with Gasteiger partial charge in [0.25, 0.3) is 0 Å². The van der Waals surface area contributed by atoms with Crippen molar-refractivity contribution < 1.29 is 9.13 Å². The average molecular weight is 391 g/mol. The Bertz CT molecular complexity index is 607. The Morgan fingerprint density at radius 1 is 1.11 bits per heavy atom. The van der Waals surface area contributed by atoms with Gasteiger partial charge < -0.3 is 20.3 Å². The van der Waals surface area contributed by atoms with Crippen LogP contribution in [0.3, 0.4) is 0 Å². The SMILES string of the molecule is CCNC(=NCC1(c2ccc(F)cc2)CCOCC1)NCCN1CCCCC1. The van der Waals surface area contributed by atoms with E-state index in [2.05, 4.69) is 22.5 Å². The van der Waals surface area contributed by atoms with Gasteiger partial charge in [-0.1, -0.05) is 18.6 Å². The molecule has 0 atom stereocenters. The number of halogens is 1. The molecule has 6 heteroatoms. The smallest absolute Gasteiger partial charge is 0.191 e. The van der Waals surface area contributed by atoms with Gasteiger partial charge in [-0.25, -0.2) is 4.39 Å². The third-order valence-electron chi connectivity index (χ3n) is 5.96. The lowest BCUT2D eigenvalue weighted by atomic mass is 9.74. The topological polar surface area (TPSA) is 48.9 Å². The number of aliphatic imine (C=N–C) groups is 1. The van der Waals surface area contributed by atoms with Crippen LogP contribution in [-0.4, -0.2) is 63.3 Å². The summed E-state index contributed by atoms with van der Waals surface area (Å²) >= 11 is 0. The van der Waals surface area contributed by atoms with E-state index in [1.54, 1.807) is 12.1 Å². The minimum absolute atomic E-state index is 0.0822. The first-order chi connectivity index (χ1) is 13.7. The fraction of sp³-hybridized carbons (Fsp3) is 0.682. The van der Waals surface area contributed by atoms with Crippen LogP contribution in [0.15, 0.2) is 29.3 Å². The van der Waals surface area contributed by atoms with E-state index in [-0.39, 0.29) is 11.2 Å².